The second kappa shape index (κ2) is 27.1. The second-order valence-corrected chi connectivity index (χ2v) is 10.3. The molecule has 2 nitrogen and oxygen atoms in total. The van der Waals surface area contributed by atoms with Crippen molar-refractivity contribution in [1.82, 2.24) is 0 Å². The Morgan fingerprint density at radius 2 is 1.34 bits per heavy atom. The number of ether oxygens (including phenoxy) is 1. The van der Waals surface area contributed by atoms with Gasteiger partial charge in [0.05, 0.1) is 10.0 Å². The third-order valence-electron chi connectivity index (χ3n) is 5.48. The van der Waals surface area contributed by atoms with E-state index < -0.39 is 0 Å². The molecule has 0 bridgehead atoms. The highest BCUT2D eigenvalue weighted by molar-refractivity contribution is 6.37. The van der Waals surface area contributed by atoms with Crippen LogP contribution >= 0.6 is 23.2 Å². The molecule has 0 aliphatic heterocycles. The van der Waals surface area contributed by atoms with Gasteiger partial charge in [-0.15, -0.1) is 6.58 Å². The smallest absolute Gasteiger partial charge is 0.127 e. The maximum Gasteiger partial charge on any atom is 0.127 e. The lowest BCUT2D eigenvalue weighted by molar-refractivity contribution is 0.444. The van der Waals surface area contributed by atoms with Gasteiger partial charge in [0.15, 0.2) is 0 Å². The fraction of sp³-hybridized carbons (Fsp3) is 0.300. The van der Waals surface area contributed by atoms with Gasteiger partial charge in [-0.2, -0.15) is 0 Å². The Kier molecular flexibility index (Phi) is 26.3. The van der Waals surface area contributed by atoms with Crippen LogP contribution in [0.3, 0.4) is 0 Å². The zero-order chi connectivity index (χ0) is 33.9. The lowest BCUT2D eigenvalue weighted by Gasteiger charge is -2.15. The summed E-state index contributed by atoms with van der Waals surface area (Å²) in [5, 5.41) is 4.47. The molecule has 0 saturated heterocycles. The summed E-state index contributed by atoms with van der Waals surface area (Å²) in [5.74, 6) is 1.70. The number of rotatable bonds is 8. The van der Waals surface area contributed by atoms with E-state index in [1.54, 1.807) is 18.2 Å². The Labute approximate surface area is 279 Å². The van der Waals surface area contributed by atoms with Gasteiger partial charge in [-0.25, -0.2) is 0 Å². The van der Waals surface area contributed by atoms with E-state index in [0.29, 0.717) is 15.7 Å². The Morgan fingerprint density at radius 1 is 0.818 bits per heavy atom. The summed E-state index contributed by atoms with van der Waals surface area (Å²) in [4.78, 5) is 0. The molecule has 1 N–H and O–H groups in total. The fourth-order valence-corrected chi connectivity index (χ4v) is 3.73. The quantitative estimate of drug-likeness (QED) is 0.151. The van der Waals surface area contributed by atoms with Crippen molar-refractivity contribution in [2.24, 2.45) is 0 Å². The van der Waals surface area contributed by atoms with Crippen LogP contribution in [0, 0.1) is 20.8 Å². The zero-order valence-corrected chi connectivity index (χ0v) is 30.2. The number of aryl methyl sites for hydroxylation is 3. The van der Waals surface area contributed by atoms with E-state index in [0.717, 1.165) is 28.3 Å². The minimum atomic E-state index is 0.593. The average molecular weight is 637 g/mol. The molecule has 44 heavy (non-hydrogen) atoms. The van der Waals surface area contributed by atoms with E-state index in [2.05, 4.69) is 64.4 Å². The maximum atomic E-state index is 6.18. The van der Waals surface area contributed by atoms with Crippen molar-refractivity contribution in [3.05, 3.63) is 148 Å². The van der Waals surface area contributed by atoms with Gasteiger partial charge >= 0.3 is 0 Å². The monoisotopic (exact) mass is 635 g/mol. The average Bonchev–Trinajstić information content (AvgIpc) is 3.01. The molecular formula is C40H55Cl2NO. The van der Waals surface area contributed by atoms with Gasteiger partial charge in [0.1, 0.15) is 11.5 Å². The van der Waals surface area contributed by atoms with Gasteiger partial charge in [0.2, 0.25) is 0 Å². The first-order valence-corrected chi connectivity index (χ1v) is 16.1. The van der Waals surface area contributed by atoms with Crippen LogP contribution in [0.25, 0.3) is 5.70 Å². The van der Waals surface area contributed by atoms with E-state index in [4.69, 9.17) is 27.9 Å². The van der Waals surface area contributed by atoms with Gasteiger partial charge in [0, 0.05) is 16.9 Å². The van der Waals surface area contributed by atoms with Crippen LogP contribution < -0.4 is 10.1 Å². The van der Waals surface area contributed by atoms with E-state index in [1.807, 2.05) is 102 Å². The van der Waals surface area contributed by atoms with Crippen LogP contribution in [0.2, 0.25) is 10.0 Å². The minimum absolute atomic E-state index is 0.593. The van der Waals surface area contributed by atoms with Crippen molar-refractivity contribution in [3.63, 3.8) is 0 Å². The summed E-state index contributed by atoms with van der Waals surface area (Å²) in [6, 6.07) is 19.7. The fourth-order valence-electron chi connectivity index (χ4n) is 3.10. The summed E-state index contributed by atoms with van der Waals surface area (Å²) in [6.45, 7) is 27.8. The van der Waals surface area contributed by atoms with E-state index in [1.165, 1.54) is 24.0 Å². The first-order chi connectivity index (χ1) is 21.1. The summed E-state index contributed by atoms with van der Waals surface area (Å²) in [5.41, 5.74) is 6.02. The number of anilines is 1. The third-order valence-corrected chi connectivity index (χ3v) is 6.11. The van der Waals surface area contributed by atoms with Crippen molar-refractivity contribution < 1.29 is 4.74 Å². The highest BCUT2D eigenvalue weighted by Gasteiger charge is 2.10. The summed E-state index contributed by atoms with van der Waals surface area (Å²) in [6.07, 6.45) is 14.2. The molecule has 3 rings (SSSR count). The SMILES string of the molecule is C=C(Nc1cc(C)ccc1C)c1c(Cl)cccc1Cl.C=CC.CC.CCCC.C\C=C/C=C(\C=C/C)Oc1ccc(C)cc1. The Bertz CT molecular complexity index is 1280. The number of hydrogen-bond donors (Lipinski definition) is 1. The van der Waals surface area contributed by atoms with Crippen molar-refractivity contribution in [3.8, 4) is 5.75 Å². The molecule has 0 aromatic heterocycles. The molecule has 0 radical (unpaired) electrons. The van der Waals surface area contributed by atoms with Gasteiger partial charge in [-0.1, -0.05) is 131 Å². The molecular weight excluding hydrogens is 581 g/mol. The molecule has 3 aromatic rings. The number of hydrogen-bond acceptors (Lipinski definition) is 2. The van der Waals surface area contributed by atoms with Crippen molar-refractivity contribution in [1.29, 1.82) is 0 Å². The van der Waals surface area contributed by atoms with E-state index in [9.17, 15) is 0 Å². The van der Waals surface area contributed by atoms with Crippen LogP contribution in [0.1, 0.15) is 83.6 Å². The molecule has 0 unspecified atom stereocenters. The van der Waals surface area contributed by atoms with Crippen LogP contribution in [0.5, 0.6) is 5.75 Å². The Balaban J connectivity index is 0. The van der Waals surface area contributed by atoms with E-state index >= 15 is 0 Å². The molecule has 0 spiro atoms. The molecule has 3 aromatic carbocycles. The lowest BCUT2D eigenvalue weighted by Crippen LogP contribution is -2.01. The predicted octanol–water partition coefficient (Wildman–Crippen LogP) is 14.1. The molecule has 0 aliphatic carbocycles. The molecule has 0 fully saturated rings. The van der Waals surface area contributed by atoms with Crippen LogP contribution in [0.4, 0.5) is 5.69 Å². The molecule has 0 amide bonds. The van der Waals surface area contributed by atoms with Gasteiger partial charge in [0.25, 0.3) is 0 Å². The van der Waals surface area contributed by atoms with Gasteiger partial charge < -0.3 is 10.1 Å². The Morgan fingerprint density at radius 3 is 1.82 bits per heavy atom. The molecule has 0 atom stereocenters. The molecule has 0 heterocycles. The second-order valence-electron chi connectivity index (χ2n) is 9.44. The first-order valence-electron chi connectivity index (χ1n) is 15.3. The number of unbranched alkanes of at least 4 members (excludes halogenated alkanes) is 1. The molecule has 0 aliphatic rings. The van der Waals surface area contributed by atoms with Crippen molar-refractivity contribution in [2.75, 3.05) is 5.32 Å². The van der Waals surface area contributed by atoms with Gasteiger partial charge in [-0.05, 0) is 95.2 Å². The molecule has 0 saturated carbocycles. The zero-order valence-electron chi connectivity index (χ0n) is 28.7. The minimum Gasteiger partial charge on any atom is -0.457 e. The highest BCUT2D eigenvalue weighted by atomic mass is 35.5. The standard InChI is InChI=1S/C16H15Cl2N.C15H18O.C4H10.C3H6.C2H6/c1-10-7-8-11(2)15(9-10)19-12(3)16-13(17)5-4-6-14(16)18;1-4-6-8-14(7-5-2)16-15-11-9-13(3)10-12-15;1-3-4-2;1-3-2;1-2/h4-9,19H,3H2,1-2H3;4-12H,1-3H3;3-4H2,1-2H3;3H,1H2,2H3;1-2H3/b;6-4-,7-5-,14-8+;;;. The summed E-state index contributed by atoms with van der Waals surface area (Å²) < 4.78 is 5.74. The largest absolute Gasteiger partial charge is 0.457 e. The number of halogens is 2. The highest BCUT2D eigenvalue weighted by Crippen LogP contribution is 2.31. The molecule has 4 heteroatoms. The van der Waals surface area contributed by atoms with Crippen LogP contribution in [0.15, 0.2) is 116 Å². The molecule has 240 valence electrons. The topological polar surface area (TPSA) is 21.3 Å². The normalized spacial score (nSPS) is 10.1. The number of benzene rings is 3. The lowest BCUT2D eigenvalue weighted by atomic mass is 10.1. The van der Waals surface area contributed by atoms with Gasteiger partial charge in [-0.3, -0.25) is 0 Å². The van der Waals surface area contributed by atoms with Crippen LogP contribution in [-0.2, 0) is 0 Å². The van der Waals surface area contributed by atoms with Crippen molar-refractivity contribution in [2.45, 2.75) is 82.1 Å². The third kappa shape index (κ3) is 18.9. The van der Waals surface area contributed by atoms with Crippen molar-refractivity contribution >= 4 is 34.6 Å². The number of allylic oxidation sites excluding steroid dienone is 6. The maximum absolute atomic E-state index is 6.18. The summed E-state index contributed by atoms with van der Waals surface area (Å²) >= 11 is 12.4. The number of nitrogens with one attached hydrogen (secondary N) is 1. The summed E-state index contributed by atoms with van der Waals surface area (Å²) in [7, 11) is 0. The predicted molar refractivity (Wildman–Crippen MR) is 202 cm³/mol. The van der Waals surface area contributed by atoms with E-state index in [-0.39, 0.29) is 0 Å². The first kappa shape index (κ1) is 42.7. The van der Waals surface area contributed by atoms with Crippen LogP contribution in [-0.4, -0.2) is 0 Å². The Hall–Kier alpha value is -3.46.